The van der Waals surface area contributed by atoms with Crippen LogP contribution in [0.1, 0.15) is 53.9 Å². The maximum Gasteiger partial charge on any atom is -0.0277 e. The smallest absolute Gasteiger partial charge is 0.0277 e. The van der Waals surface area contributed by atoms with Crippen molar-refractivity contribution in [2.45, 2.75) is 53.9 Å². The van der Waals surface area contributed by atoms with Gasteiger partial charge in [0, 0.05) is 0 Å². The predicted molar refractivity (Wildman–Crippen MR) is 55.1 cm³/mol. The van der Waals surface area contributed by atoms with Crippen LogP contribution in [0.3, 0.4) is 0 Å². The lowest BCUT2D eigenvalue weighted by atomic mass is 9.67. The summed E-state index contributed by atoms with van der Waals surface area (Å²) in [6.07, 6.45) is 4.45. The molecular formula is C12H24. The van der Waals surface area contributed by atoms with E-state index in [-0.39, 0.29) is 0 Å². The van der Waals surface area contributed by atoms with E-state index in [2.05, 4.69) is 34.6 Å². The van der Waals surface area contributed by atoms with E-state index in [4.69, 9.17) is 0 Å². The summed E-state index contributed by atoms with van der Waals surface area (Å²) in [6.45, 7) is 12.0. The first-order chi connectivity index (χ1) is 5.47. The van der Waals surface area contributed by atoms with Gasteiger partial charge in [-0.1, -0.05) is 47.5 Å². The Bertz CT molecular complexity index is 132. The topological polar surface area (TPSA) is 0 Å². The van der Waals surface area contributed by atoms with Crippen LogP contribution in [0.4, 0.5) is 0 Å². The van der Waals surface area contributed by atoms with Crippen molar-refractivity contribution in [2.24, 2.45) is 23.2 Å². The molecule has 0 amide bonds. The first kappa shape index (κ1) is 10.1. The van der Waals surface area contributed by atoms with E-state index in [0.717, 1.165) is 17.8 Å². The highest BCUT2D eigenvalue weighted by atomic mass is 14.4. The molecule has 1 aliphatic rings. The standard InChI is InChI=1S/C12H24/c1-9(2)12(5,10(3)4)8-11-6-7-11/h9-11H,6-8H2,1-5H3. The molecule has 0 aromatic rings. The second-order valence-corrected chi connectivity index (χ2v) is 5.46. The third-order valence-corrected chi connectivity index (χ3v) is 4.06. The van der Waals surface area contributed by atoms with Gasteiger partial charge >= 0.3 is 0 Å². The molecule has 1 saturated carbocycles. The molecule has 12 heavy (non-hydrogen) atoms. The van der Waals surface area contributed by atoms with Crippen molar-refractivity contribution in [3.8, 4) is 0 Å². The SMILES string of the molecule is CC(C)C(C)(CC1CC1)C(C)C. The largest absolute Gasteiger partial charge is 0.0622 e. The Morgan fingerprint density at radius 3 is 1.75 bits per heavy atom. The maximum atomic E-state index is 2.47. The molecule has 0 unspecified atom stereocenters. The maximum absolute atomic E-state index is 2.47. The summed E-state index contributed by atoms with van der Waals surface area (Å²) in [4.78, 5) is 0. The third kappa shape index (κ3) is 2.02. The molecule has 0 radical (unpaired) electrons. The average molecular weight is 168 g/mol. The summed E-state index contributed by atoms with van der Waals surface area (Å²) in [7, 11) is 0. The minimum atomic E-state index is 0.584. The van der Waals surface area contributed by atoms with Gasteiger partial charge in [0.05, 0.1) is 0 Å². The Labute approximate surface area is 77.7 Å². The Morgan fingerprint density at radius 2 is 1.50 bits per heavy atom. The van der Waals surface area contributed by atoms with Gasteiger partial charge in [-0.15, -0.1) is 0 Å². The molecule has 0 heteroatoms. The zero-order valence-electron chi connectivity index (χ0n) is 9.35. The fraction of sp³-hybridized carbons (Fsp3) is 1.00. The van der Waals surface area contributed by atoms with Gasteiger partial charge in [0.15, 0.2) is 0 Å². The third-order valence-electron chi connectivity index (χ3n) is 4.06. The highest BCUT2D eigenvalue weighted by Crippen LogP contribution is 2.47. The highest BCUT2D eigenvalue weighted by Gasteiger charge is 2.37. The molecule has 0 aromatic carbocycles. The summed E-state index contributed by atoms with van der Waals surface area (Å²) >= 11 is 0. The van der Waals surface area contributed by atoms with Gasteiger partial charge in [-0.25, -0.2) is 0 Å². The Hall–Kier alpha value is 0. The first-order valence-corrected chi connectivity index (χ1v) is 5.47. The Kier molecular flexibility index (Phi) is 2.85. The van der Waals surface area contributed by atoms with Crippen molar-refractivity contribution in [2.75, 3.05) is 0 Å². The lowest BCUT2D eigenvalue weighted by molar-refractivity contribution is 0.115. The van der Waals surface area contributed by atoms with Gasteiger partial charge in [-0.2, -0.15) is 0 Å². The minimum Gasteiger partial charge on any atom is -0.0622 e. The number of hydrogen-bond donors (Lipinski definition) is 0. The van der Waals surface area contributed by atoms with Crippen molar-refractivity contribution >= 4 is 0 Å². The van der Waals surface area contributed by atoms with E-state index in [9.17, 15) is 0 Å². The molecule has 0 aromatic heterocycles. The van der Waals surface area contributed by atoms with Gasteiger partial charge < -0.3 is 0 Å². The second-order valence-electron chi connectivity index (χ2n) is 5.46. The zero-order valence-corrected chi connectivity index (χ0v) is 9.35. The van der Waals surface area contributed by atoms with Crippen LogP contribution < -0.4 is 0 Å². The molecule has 0 heterocycles. The van der Waals surface area contributed by atoms with Crippen LogP contribution >= 0.6 is 0 Å². The van der Waals surface area contributed by atoms with Crippen LogP contribution in [0.15, 0.2) is 0 Å². The van der Waals surface area contributed by atoms with Crippen LogP contribution in [0.25, 0.3) is 0 Å². The van der Waals surface area contributed by atoms with Crippen LogP contribution in [-0.4, -0.2) is 0 Å². The second kappa shape index (κ2) is 3.40. The fourth-order valence-electron chi connectivity index (χ4n) is 2.08. The lowest BCUT2D eigenvalue weighted by Gasteiger charge is -2.38. The van der Waals surface area contributed by atoms with E-state index in [1.807, 2.05) is 0 Å². The molecular weight excluding hydrogens is 144 g/mol. The summed E-state index contributed by atoms with van der Waals surface area (Å²) < 4.78 is 0. The molecule has 0 bridgehead atoms. The van der Waals surface area contributed by atoms with Gasteiger partial charge in [-0.05, 0) is 29.6 Å². The van der Waals surface area contributed by atoms with E-state index in [1.54, 1.807) is 0 Å². The summed E-state index contributed by atoms with van der Waals surface area (Å²) in [6, 6.07) is 0. The van der Waals surface area contributed by atoms with Crippen LogP contribution in [0.2, 0.25) is 0 Å². The van der Waals surface area contributed by atoms with E-state index in [1.165, 1.54) is 19.3 Å². The monoisotopic (exact) mass is 168 g/mol. The van der Waals surface area contributed by atoms with Crippen molar-refractivity contribution in [1.29, 1.82) is 0 Å². The molecule has 0 aliphatic heterocycles. The van der Waals surface area contributed by atoms with Crippen molar-refractivity contribution < 1.29 is 0 Å². The predicted octanol–water partition coefficient (Wildman–Crippen LogP) is 4.10. The molecule has 0 N–H and O–H groups in total. The van der Waals surface area contributed by atoms with Crippen LogP contribution in [0.5, 0.6) is 0 Å². The molecule has 0 spiro atoms. The van der Waals surface area contributed by atoms with E-state index in [0.29, 0.717) is 5.41 Å². The lowest BCUT2D eigenvalue weighted by Crippen LogP contribution is -2.30. The average Bonchev–Trinajstić information content (AvgIpc) is 2.70. The molecule has 1 fully saturated rings. The Balaban J connectivity index is 2.56. The first-order valence-electron chi connectivity index (χ1n) is 5.47. The molecule has 0 atom stereocenters. The number of rotatable bonds is 4. The molecule has 72 valence electrons. The Morgan fingerprint density at radius 1 is 1.08 bits per heavy atom. The molecule has 1 aliphatic carbocycles. The van der Waals surface area contributed by atoms with Gasteiger partial charge in [-0.3, -0.25) is 0 Å². The van der Waals surface area contributed by atoms with E-state index >= 15 is 0 Å². The fourth-order valence-corrected chi connectivity index (χ4v) is 2.08. The number of hydrogen-bond acceptors (Lipinski definition) is 0. The normalized spacial score (nSPS) is 19.2. The van der Waals surface area contributed by atoms with Crippen molar-refractivity contribution in [3.05, 3.63) is 0 Å². The van der Waals surface area contributed by atoms with Crippen molar-refractivity contribution in [3.63, 3.8) is 0 Å². The summed E-state index contributed by atoms with van der Waals surface area (Å²) in [5, 5.41) is 0. The van der Waals surface area contributed by atoms with Crippen LogP contribution in [0, 0.1) is 23.2 Å². The van der Waals surface area contributed by atoms with Gasteiger partial charge in [0.1, 0.15) is 0 Å². The molecule has 0 nitrogen and oxygen atoms in total. The van der Waals surface area contributed by atoms with Gasteiger partial charge in [0.25, 0.3) is 0 Å². The van der Waals surface area contributed by atoms with Crippen molar-refractivity contribution in [1.82, 2.24) is 0 Å². The molecule has 1 rings (SSSR count). The summed E-state index contributed by atoms with van der Waals surface area (Å²) in [5.74, 6) is 2.73. The highest BCUT2D eigenvalue weighted by molar-refractivity contribution is 4.87. The van der Waals surface area contributed by atoms with Crippen LogP contribution in [-0.2, 0) is 0 Å². The van der Waals surface area contributed by atoms with E-state index < -0.39 is 0 Å². The minimum absolute atomic E-state index is 0.584. The molecule has 0 saturated heterocycles. The quantitative estimate of drug-likeness (QED) is 0.592. The zero-order chi connectivity index (χ0) is 9.35. The van der Waals surface area contributed by atoms with Gasteiger partial charge in [0.2, 0.25) is 0 Å². The summed E-state index contributed by atoms with van der Waals surface area (Å²) in [5.41, 5.74) is 0.584.